The summed E-state index contributed by atoms with van der Waals surface area (Å²) in [5.41, 5.74) is 5.97. The van der Waals surface area contributed by atoms with Crippen LogP contribution in [0.4, 0.5) is 0 Å². The van der Waals surface area contributed by atoms with Crippen LogP contribution in [0.1, 0.15) is 48.9 Å². The number of hydrogen-bond donors (Lipinski definition) is 0. The summed E-state index contributed by atoms with van der Waals surface area (Å²) in [7, 11) is 0. The van der Waals surface area contributed by atoms with Gasteiger partial charge < -0.3 is 14.9 Å². The molecule has 30 heavy (non-hydrogen) atoms. The fourth-order valence-corrected chi connectivity index (χ4v) is 4.02. The van der Waals surface area contributed by atoms with Crippen molar-refractivity contribution in [2.24, 2.45) is 0 Å². The van der Waals surface area contributed by atoms with Crippen molar-refractivity contribution < 1.29 is 26.2 Å². The zero-order chi connectivity index (χ0) is 18.5. The van der Waals surface area contributed by atoms with Crippen molar-refractivity contribution in [1.29, 1.82) is 0 Å². The summed E-state index contributed by atoms with van der Waals surface area (Å²) in [5, 5.41) is 5.68. The van der Waals surface area contributed by atoms with Gasteiger partial charge in [0.15, 0.2) is 0 Å². The minimum absolute atomic E-state index is 0. The average molecular weight is 492 g/mol. The summed E-state index contributed by atoms with van der Waals surface area (Å²) in [4.78, 5) is 0. The van der Waals surface area contributed by atoms with Crippen molar-refractivity contribution >= 4 is 32.5 Å². The zero-order valence-corrected chi connectivity index (χ0v) is 23.1. The van der Waals surface area contributed by atoms with Crippen LogP contribution in [0.3, 0.4) is 0 Å². The van der Waals surface area contributed by atoms with E-state index in [0.29, 0.717) is 0 Å². The molecule has 0 saturated carbocycles. The van der Waals surface area contributed by atoms with E-state index in [-0.39, 0.29) is 52.0 Å². The van der Waals surface area contributed by atoms with Gasteiger partial charge in [0.1, 0.15) is 0 Å². The maximum atomic E-state index is 2.29. The molecule has 4 rings (SSSR count). The second-order valence-corrected chi connectivity index (χ2v) is 7.29. The zero-order valence-electron chi connectivity index (χ0n) is 19.6. The Morgan fingerprint density at radius 3 is 1.30 bits per heavy atom. The topological polar surface area (TPSA) is 0 Å². The Morgan fingerprint density at radius 2 is 0.967 bits per heavy atom. The third-order valence-corrected chi connectivity index (χ3v) is 5.27. The summed E-state index contributed by atoms with van der Waals surface area (Å²) >= 11 is 0. The maximum Gasteiger partial charge on any atom is 4.00 e. The fourth-order valence-electron chi connectivity index (χ4n) is 4.02. The summed E-state index contributed by atoms with van der Waals surface area (Å²) in [5.74, 6) is 0. The van der Waals surface area contributed by atoms with Gasteiger partial charge >= 0.3 is 26.2 Å². The van der Waals surface area contributed by atoms with Crippen LogP contribution >= 0.6 is 0 Å². The van der Waals surface area contributed by atoms with Gasteiger partial charge in [0.05, 0.1) is 0 Å². The van der Waals surface area contributed by atoms with Crippen LogP contribution < -0.4 is 0 Å². The first-order valence-corrected chi connectivity index (χ1v) is 9.93. The van der Waals surface area contributed by atoms with E-state index in [2.05, 4.69) is 88.4 Å². The predicted octanol–water partition coefficient (Wildman–Crippen LogP) is 8.16. The van der Waals surface area contributed by atoms with Gasteiger partial charge in [-0.25, -0.2) is 0 Å². The molecule has 0 heterocycles. The molecule has 4 aromatic carbocycles. The standard InChI is InChI=1S/2C13H15.2CH3.Si.Zr/c2*1-3-6-12-10(2)9-11-7-4-5-8-13(11)12;;;;/h2*4-5,7-9H,3,6H2,1-2H3;2*1H3;;/q4*-1;;+4. The van der Waals surface area contributed by atoms with E-state index in [1.807, 2.05) is 0 Å². The number of benzene rings is 2. The van der Waals surface area contributed by atoms with Crippen LogP contribution in [0.2, 0.25) is 0 Å². The number of fused-ring (bicyclic) bond motifs is 2. The van der Waals surface area contributed by atoms with E-state index in [1.54, 1.807) is 0 Å². The summed E-state index contributed by atoms with van der Waals surface area (Å²) in [6.45, 7) is 8.90. The molecule has 0 nitrogen and oxygen atoms in total. The van der Waals surface area contributed by atoms with Crippen LogP contribution in [0, 0.1) is 28.7 Å². The SMILES string of the molecule is CCCc1c(C)[cH-]c2ccccc12.CCCc1c(C)[cH-]c2ccccc12.[CH3-].[CH3-].[Si].[Zr+4]. The molecular formula is C28H36SiZr. The molecule has 4 radical (unpaired) electrons. The molecular weight excluding hydrogens is 456 g/mol. The van der Waals surface area contributed by atoms with Crippen LogP contribution in [0.5, 0.6) is 0 Å². The molecule has 0 N–H and O–H groups in total. The Morgan fingerprint density at radius 1 is 0.633 bits per heavy atom. The Balaban J connectivity index is 0. The molecule has 0 saturated heterocycles. The third-order valence-electron chi connectivity index (χ3n) is 5.27. The van der Waals surface area contributed by atoms with E-state index in [0.717, 1.165) is 0 Å². The van der Waals surface area contributed by atoms with Gasteiger partial charge in [-0.3, -0.25) is 0 Å². The molecule has 0 aliphatic rings. The Kier molecular flexibility index (Phi) is 15.2. The molecule has 0 amide bonds. The van der Waals surface area contributed by atoms with Crippen LogP contribution in [0.25, 0.3) is 21.5 Å². The molecule has 0 spiro atoms. The minimum Gasteiger partial charge on any atom is -0.358 e. The van der Waals surface area contributed by atoms with E-state index >= 15 is 0 Å². The van der Waals surface area contributed by atoms with Gasteiger partial charge in [0.25, 0.3) is 0 Å². The van der Waals surface area contributed by atoms with Crippen molar-refractivity contribution in [3.63, 3.8) is 0 Å². The maximum absolute atomic E-state index is 2.29. The van der Waals surface area contributed by atoms with E-state index < -0.39 is 0 Å². The summed E-state index contributed by atoms with van der Waals surface area (Å²) in [6.07, 6.45) is 4.88. The van der Waals surface area contributed by atoms with Crippen molar-refractivity contribution in [2.45, 2.75) is 53.4 Å². The minimum atomic E-state index is 0. The van der Waals surface area contributed by atoms with Gasteiger partial charge in [0, 0.05) is 11.0 Å². The quantitative estimate of drug-likeness (QED) is 0.199. The Labute approximate surface area is 209 Å². The number of aryl methyl sites for hydroxylation is 4. The Hall–Kier alpha value is -1.24. The predicted molar refractivity (Wildman–Crippen MR) is 135 cm³/mol. The molecule has 0 fully saturated rings. The molecule has 0 unspecified atom stereocenters. The van der Waals surface area contributed by atoms with Crippen molar-refractivity contribution in [1.82, 2.24) is 0 Å². The largest absolute Gasteiger partial charge is 4.00 e. The second-order valence-electron chi connectivity index (χ2n) is 7.29. The summed E-state index contributed by atoms with van der Waals surface area (Å²) in [6, 6.07) is 21.9. The first-order valence-electron chi connectivity index (χ1n) is 9.93. The molecule has 0 aliphatic heterocycles. The van der Waals surface area contributed by atoms with Gasteiger partial charge in [-0.15, -0.1) is 81.2 Å². The molecule has 0 aliphatic carbocycles. The molecule has 156 valence electrons. The van der Waals surface area contributed by atoms with Crippen LogP contribution in [-0.2, 0) is 39.0 Å². The van der Waals surface area contributed by atoms with E-state index in [9.17, 15) is 0 Å². The number of hydrogen-bond acceptors (Lipinski definition) is 0. The molecule has 0 atom stereocenters. The second kappa shape index (κ2) is 14.7. The molecule has 4 aromatic rings. The third kappa shape index (κ3) is 6.89. The fraction of sp³-hybridized carbons (Fsp3) is 0.286. The van der Waals surface area contributed by atoms with Crippen molar-refractivity contribution in [3.05, 3.63) is 97.8 Å². The van der Waals surface area contributed by atoms with Gasteiger partial charge in [-0.2, -0.15) is 11.1 Å². The first-order chi connectivity index (χ1) is 12.7. The summed E-state index contributed by atoms with van der Waals surface area (Å²) < 4.78 is 0. The molecule has 2 heteroatoms. The number of rotatable bonds is 4. The van der Waals surface area contributed by atoms with Crippen molar-refractivity contribution in [3.8, 4) is 0 Å². The normalized spacial score (nSPS) is 9.47. The first kappa shape index (κ1) is 30.9. The Bertz CT molecular complexity index is 908. The van der Waals surface area contributed by atoms with Crippen LogP contribution in [0.15, 0.2) is 60.7 Å². The van der Waals surface area contributed by atoms with Gasteiger partial charge in [0.2, 0.25) is 0 Å². The van der Waals surface area contributed by atoms with E-state index in [1.165, 1.54) is 69.5 Å². The monoisotopic (exact) mass is 490 g/mol. The molecule has 0 aromatic heterocycles. The van der Waals surface area contributed by atoms with Gasteiger partial charge in [-0.05, 0) is 0 Å². The molecule has 0 bridgehead atoms. The van der Waals surface area contributed by atoms with Gasteiger partial charge in [-0.1, -0.05) is 65.5 Å². The smallest absolute Gasteiger partial charge is 0.358 e. The van der Waals surface area contributed by atoms with Crippen molar-refractivity contribution in [2.75, 3.05) is 0 Å². The van der Waals surface area contributed by atoms with Crippen LogP contribution in [-0.4, -0.2) is 11.0 Å². The van der Waals surface area contributed by atoms with E-state index in [4.69, 9.17) is 0 Å². The average Bonchev–Trinajstić information content (AvgIpc) is 3.13.